The second kappa shape index (κ2) is 6.87. The number of hydrogen-bond donors (Lipinski definition) is 1. The van der Waals surface area contributed by atoms with Crippen molar-refractivity contribution >= 4 is 11.5 Å². The fourth-order valence-corrected chi connectivity index (χ4v) is 1.82. The Labute approximate surface area is 129 Å². The molecule has 0 saturated carbocycles. The van der Waals surface area contributed by atoms with Crippen molar-refractivity contribution in [1.29, 1.82) is 0 Å². The van der Waals surface area contributed by atoms with Crippen LogP contribution >= 0.6 is 0 Å². The van der Waals surface area contributed by atoms with E-state index in [0.29, 0.717) is 16.9 Å². The summed E-state index contributed by atoms with van der Waals surface area (Å²) in [5, 5.41) is 8.61. The number of hydrogen-bond acceptors (Lipinski definition) is 3. The molecule has 0 fully saturated rings. The van der Waals surface area contributed by atoms with Crippen LogP contribution in [0, 0.1) is 0 Å². The molecular formula is C16H11F3O4. The summed E-state index contributed by atoms with van der Waals surface area (Å²) < 4.78 is 45.5. The van der Waals surface area contributed by atoms with Crippen molar-refractivity contribution < 1.29 is 32.2 Å². The summed E-state index contributed by atoms with van der Waals surface area (Å²) in [6.45, 7) is 0. The topological polar surface area (TPSA) is 59.7 Å². The minimum atomic E-state index is -4.76. The number of carbonyl (C=O) groups is 1. The lowest BCUT2D eigenvalue weighted by Gasteiger charge is -2.10. The minimum absolute atomic E-state index is 0.346. The van der Waals surface area contributed by atoms with Crippen LogP contribution in [0.15, 0.2) is 65.3 Å². The second-order valence-electron chi connectivity index (χ2n) is 4.33. The molecule has 0 spiro atoms. The van der Waals surface area contributed by atoms with Crippen LogP contribution in [-0.2, 0) is 4.79 Å². The van der Waals surface area contributed by atoms with Crippen molar-refractivity contribution in [3.8, 4) is 5.75 Å². The lowest BCUT2D eigenvalue weighted by Crippen LogP contribution is -2.17. The van der Waals surface area contributed by atoms with Gasteiger partial charge in [0, 0.05) is 11.6 Å². The first-order valence-electron chi connectivity index (χ1n) is 6.36. The molecule has 0 atom stereocenters. The van der Waals surface area contributed by atoms with Crippen LogP contribution in [0.5, 0.6) is 5.75 Å². The Kier molecular flexibility index (Phi) is 4.90. The molecule has 0 aliphatic carbocycles. The molecule has 0 amide bonds. The van der Waals surface area contributed by atoms with E-state index in [-0.39, 0.29) is 5.75 Å². The van der Waals surface area contributed by atoms with Gasteiger partial charge in [-0.15, -0.1) is 13.2 Å². The lowest BCUT2D eigenvalue weighted by molar-refractivity contribution is -0.274. The average Bonchev–Trinajstić information content (AvgIpc) is 2.97. The molecular weight excluding hydrogens is 313 g/mol. The molecule has 2 rings (SSSR count). The van der Waals surface area contributed by atoms with Crippen LogP contribution < -0.4 is 4.74 Å². The van der Waals surface area contributed by atoms with Crippen LogP contribution in [-0.4, -0.2) is 17.4 Å². The summed E-state index contributed by atoms with van der Waals surface area (Å²) in [5.74, 6) is -1.01. The number of alkyl halides is 3. The highest BCUT2D eigenvalue weighted by molar-refractivity contribution is 5.82. The highest BCUT2D eigenvalue weighted by Gasteiger charge is 2.31. The highest BCUT2D eigenvalue weighted by Crippen LogP contribution is 2.28. The van der Waals surface area contributed by atoms with Crippen molar-refractivity contribution in [2.45, 2.75) is 6.36 Å². The molecule has 1 aromatic carbocycles. The molecule has 4 nitrogen and oxygen atoms in total. The van der Waals surface area contributed by atoms with E-state index in [2.05, 4.69) is 4.74 Å². The van der Waals surface area contributed by atoms with Gasteiger partial charge in [-0.3, -0.25) is 0 Å². The van der Waals surface area contributed by atoms with Gasteiger partial charge in [-0.05, 0) is 29.8 Å². The van der Waals surface area contributed by atoms with E-state index in [1.165, 1.54) is 42.7 Å². The fraction of sp³-hybridized carbons (Fsp3) is 0.0625. The van der Waals surface area contributed by atoms with E-state index in [1.807, 2.05) is 0 Å². The number of furan rings is 1. The maximum absolute atomic E-state index is 12.2. The van der Waals surface area contributed by atoms with E-state index in [4.69, 9.17) is 9.52 Å². The lowest BCUT2D eigenvalue weighted by atomic mass is 10.0. The van der Waals surface area contributed by atoms with Crippen LogP contribution in [0.3, 0.4) is 0 Å². The van der Waals surface area contributed by atoms with Gasteiger partial charge in [0.25, 0.3) is 0 Å². The summed E-state index contributed by atoms with van der Waals surface area (Å²) in [5.41, 5.74) is 1.07. The van der Waals surface area contributed by atoms with Gasteiger partial charge in [0.2, 0.25) is 0 Å². The van der Waals surface area contributed by atoms with E-state index in [9.17, 15) is 18.0 Å². The number of halogens is 3. The number of benzene rings is 1. The molecule has 0 saturated heterocycles. The Morgan fingerprint density at radius 1 is 1.17 bits per heavy atom. The van der Waals surface area contributed by atoms with E-state index in [0.717, 1.165) is 6.08 Å². The molecule has 0 aliphatic heterocycles. The summed E-state index contributed by atoms with van der Waals surface area (Å²) in [6, 6.07) is 8.47. The molecule has 2 aromatic rings. The average molecular weight is 324 g/mol. The van der Waals surface area contributed by atoms with Crippen LogP contribution in [0.2, 0.25) is 0 Å². The fourth-order valence-electron chi connectivity index (χ4n) is 1.82. The summed E-state index contributed by atoms with van der Waals surface area (Å²) in [6.07, 6.45) is 0.410. The van der Waals surface area contributed by atoms with Crippen molar-refractivity contribution in [3.63, 3.8) is 0 Å². The Balaban J connectivity index is 2.31. The van der Waals surface area contributed by atoms with Crippen LogP contribution in [0.25, 0.3) is 5.57 Å². The Bertz CT molecular complexity index is 711. The molecule has 0 unspecified atom stereocenters. The van der Waals surface area contributed by atoms with Crippen molar-refractivity contribution in [2.75, 3.05) is 0 Å². The van der Waals surface area contributed by atoms with Gasteiger partial charge in [0.05, 0.1) is 6.26 Å². The largest absolute Gasteiger partial charge is 0.573 e. The third kappa shape index (κ3) is 5.06. The number of ether oxygens (including phenoxy) is 1. The molecule has 1 heterocycles. The zero-order valence-electron chi connectivity index (χ0n) is 11.6. The minimum Gasteiger partial charge on any atom is -0.478 e. The van der Waals surface area contributed by atoms with Crippen LogP contribution in [0.1, 0.15) is 11.3 Å². The summed E-state index contributed by atoms with van der Waals surface area (Å²) in [7, 11) is 0. The SMILES string of the molecule is O=C(O)C=CC=C(c1ccc(OC(F)(F)F)cc1)c1ccco1. The van der Waals surface area contributed by atoms with Gasteiger partial charge in [0.15, 0.2) is 0 Å². The van der Waals surface area contributed by atoms with Gasteiger partial charge in [-0.1, -0.05) is 24.3 Å². The van der Waals surface area contributed by atoms with Gasteiger partial charge in [-0.25, -0.2) is 4.79 Å². The number of allylic oxidation sites excluding steroid dienone is 2. The number of rotatable bonds is 5. The number of aliphatic carboxylic acids is 1. The van der Waals surface area contributed by atoms with Gasteiger partial charge < -0.3 is 14.3 Å². The van der Waals surface area contributed by atoms with Crippen molar-refractivity contribution in [1.82, 2.24) is 0 Å². The Morgan fingerprint density at radius 3 is 2.39 bits per heavy atom. The molecule has 23 heavy (non-hydrogen) atoms. The standard InChI is InChI=1S/C16H11F3O4/c17-16(18,19)23-12-8-6-11(7-9-12)13(3-1-5-15(20)21)14-4-2-10-22-14/h1-10H,(H,20,21). The number of carboxylic acids is 1. The molecule has 120 valence electrons. The van der Waals surface area contributed by atoms with Gasteiger partial charge in [-0.2, -0.15) is 0 Å². The monoisotopic (exact) mass is 324 g/mol. The van der Waals surface area contributed by atoms with Crippen LogP contribution in [0.4, 0.5) is 13.2 Å². The quantitative estimate of drug-likeness (QED) is 0.660. The molecule has 1 N–H and O–H groups in total. The molecule has 0 radical (unpaired) electrons. The van der Waals surface area contributed by atoms with Gasteiger partial charge in [0.1, 0.15) is 11.5 Å². The van der Waals surface area contributed by atoms with E-state index in [1.54, 1.807) is 12.1 Å². The van der Waals surface area contributed by atoms with Gasteiger partial charge >= 0.3 is 12.3 Å². The Hall–Kier alpha value is -2.96. The predicted molar refractivity (Wildman–Crippen MR) is 75.7 cm³/mol. The Morgan fingerprint density at radius 2 is 1.87 bits per heavy atom. The summed E-state index contributed by atoms with van der Waals surface area (Å²) in [4.78, 5) is 10.5. The van der Waals surface area contributed by atoms with Crippen molar-refractivity contribution in [3.05, 3.63) is 72.2 Å². The first-order valence-corrected chi connectivity index (χ1v) is 6.36. The molecule has 0 bridgehead atoms. The first-order chi connectivity index (χ1) is 10.8. The third-order valence-corrected chi connectivity index (χ3v) is 2.69. The molecule has 1 aromatic heterocycles. The maximum Gasteiger partial charge on any atom is 0.573 e. The normalized spacial score (nSPS) is 12.6. The summed E-state index contributed by atoms with van der Waals surface area (Å²) >= 11 is 0. The highest BCUT2D eigenvalue weighted by atomic mass is 19.4. The number of carboxylic acid groups (broad SMARTS) is 1. The zero-order chi connectivity index (χ0) is 16.9. The zero-order valence-corrected chi connectivity index (χ0v) is 11.6. The van der Waals surface area contributed by atoms with E-state index >= 15 is 0 Å². The smallest absolute Gasteiger partial charge is 0.478 e. The van der Waals surface area contributed by atoms with Crippen molar-refractivity contribution in [2.24, 2.45) is 0 Å². The van der Waals surface area contributed by atoms with E-state index < -0.39 is 12.3 Å². The molecule has 7 heteroatoms. The molecule has 0 aliphatic rings. The third-order valence-electron chi connectivity index (χ3n) is 2.69. The maximum atomic E-state index is 12.2. The second-order valence-corrected chi connectivity index (χ2v) is 4.33. The predicted octanol–water partition coefficient (Wildman–Crippen LogP) is 4.25. The first kappa shape index (κ1) is 16.4.